The van der Waals surface area contributed by atoms with Crippen LogP contribution in [0.1, 0.15) is 29.1 Å². The van der Waals surface area contributed by atoms with Gasteiger partial charge in [-0.2, -0.15) is 13.1 Å². The zero-order chi connectivity index (χ0) is 12.5. The van der Waals surface area contributed by atoms with Gasteiger partial charge in [0.25, 0.3) is 10.2 Å². The van der Waals surface area contributed by atoms with Crippen molar-refractivity contribution in [2.45, 2.75) is 25.9 Å². The molecule has 0 aliphatic carbocycles. The lowest BCUT2D eigenvalue weighted by Crippen LogP contribution is -2.29. The predicted molar refractivity (Wildman–Crippen MR) is 68.8 cm³/mol. The van der Waals surface area contributed by atoms with Crippen LogP contribution in [-0.2, 0) is 16.8 Å². The number of hydrogen-bond donors (Lipinski definition) is 3. The van der Waals surface area contributed by atoms with Crippen LogP contribution in [0.25, 0.3) is 0 Å². The van der Waals surface area contributed by atoms with Gasteiger partial charge >= 0.3 is 0 Å². The average Bonchev–Trinajstić information content (AvgIpc) is 2.81. The normalized spacial score (nSPS) is 25.3. The number of hydrogen-bond acceptors (Lipinski definition) is 4. The highest BCUT2D eigenvalue weighted by molar-refractivity contribution is 7.87. The van der Waals surface area contributed by atoms with E-state index < -0.39 is 10.2 Å². The highest BCUT2D eigenvalue weighted by Gasteiger charge is 2.23. The van der Waals surface area contributed by atoms with Crippen molar-refractivity contribution in [2.75, 3.05) is 6.54 Å². The molecular formula is C10H17N3O2S2. The van der Waals surface area contributed by atoms with Crippen LogP contribution >= 0.6 is 11.3 Å². The molecule has 1 aliphatic heterocycles. The summed E-state index contributed by atoms with van der Waals surface area (Å²) in [4.78, 5) is 2.25. The van der Waals surface area contributed by atoms with E-state index >= 15 is 0 Å². The van der Waals surface area contributed by atoms with E-state index in [0.717, 1.165) is 17.8 Å². The third-order valence-corrected chi connectivity index (χ3v) is 4.57. The maximum absolute atomic E-state index is 10.8. The van der Waals surface area contributed by atoms with Crippen molar-refractivity contribution in [3.63, 3.8) is 0 Å². The Morgan fingerprint density at radius 2 is 2.35 bits per heavy atom. The summed E-state index contributed by atoms with van der Waals surface area (Å²) in [7, 11) is -3.60. The third-order valence-electron chi connectivity index (χ3n) is 2.82. The van der Waals surface area contributed by atoms with Crippen LogP contribution in [0.5, 0.6) is 0 Å². The quantitative estimate of drug-likeness (QED) is 0.756. The molecule has 1 saturated heterocycles. The van der Waals surface area contributed by atoms with Crippen molar-refractivity contribution < 1.29 is 8.42 Å². The molecule has 2 rings (SSSR count). The summed E-state index contributed by atoms with van der Waals surface area (Å²) in [6.07, 6.45) is 1.14. The third kappa shape index (κ3) is 3.75. The molecule has 0 spiro atoms. The summed E-state index contributed by atoms with van der Waals surface area (Å²) in [6.45, 7) is 3.54. The molecule has 5 nitrogen and oxygen atoms in total. The fourth-order valence-electron chi connectivity index (χ4n) is 1.98. The molecule has 2 unspecified atom stereocenters. The lowest BCUT2D eigenvalue weighted by atomic mass is 10.1. The zero-order valence-corrected chi connectivity index (χ0v) is 11.3. The Kier molecular flexibility index (Phi) is 3.84. The summed E-state index contributed by atoms with van der Waals surface area (Å²) in [5, 5.41) is 8.34. The molecule has 2 atom stereocenters. The van der Waals surface area contributed by atoms with Crippen LogP contribution in [0.2, 0.25) is 0 Å². The highest BCUT2D eigenvalue weighted by atomic mass is 32.2. The zero-order valence-electron chi connectivity index (χ0n) is 9.64. The van der Waals surface area contributed by atoms with Gasteiger partial charge in [0.05, 0.1) is 0 Å². The van der Waals surface area contributed by atoms with E-state index in [2.05, 4.69) is 23.0 Å². The first-order valence-electron chi connectivity index (χ1n) is 5.53. The molecule has 0 saturated carbocycles. The Bertz CT molecular complexity index is 483. The van der Waals surface area contributed by atoms with Gasteiger partial charge in [-0.05, 0) is 31.0 Å². The smallest absolute Gasteiger partial charge is 0.274 e. The first-order chi connectivity index (χ1) is 7.94. The number of nitrogens with one attached hydrogen (secondary N) is 2. The van der Waals surface area contributed by atoms with Crippen molar-refractivity contribution in [3.8, 4) is 0 Å². The van der Waals surface area contributed by atoms with E-state index in [1.165, 1.54) is 4.88 Å². The predicted octanol–water partition coefficient (Wildman–Crippen LogP) is 0.712. The lowest BCUT2D eigenvalue weighted by molar-refractivity contribution is 0.583. The second-order valence-corrected chi connectivity index (χ2v) is 7.05. The van der Waals surface area contributed by atoms with Crippen LogP contribution in [0.15, 0.2) is 12.1 Å². The summed E-state index contributed by atoms with van der Waals surface area (Å²) >= 11 is 1.63. The van der Waals surface area contributed by atoms with Crippen molar-refractivity contribution >= 4 is 21.5 Å². The molecule has 1 aromatic rings. The van der Waals surface area contributed by atoms with E-state index in [1.807, 2.05) is 6.07 Å². The Hall–Kier alpha value is -0.470. The largest absolute Gasteiger partial charge is 0.309 e. The molecule has 2 heterocycles. The minimum absolute atomic E-state index is 0.270. The molecule has 1 aliphatic rings. The molecule has 7 heteroatoms. The Balaban J connectivity index is 1.96. The molecule has 0 amide bonds. The molecular weight excluding hydrogens is 258 g/mol. The standard InChI is InChI=1S/C10H17N3O2S2/c1-7-4-9(12-5-7)10-3-2-8(16-10)6-13-17(11,14)15/h2-3,7,9,12-13H,4-6H2,1H3,(H2,11,14,15). The Morgan fingerprint density at radius 3 is 2.94 bits per heavy atom. The van der Waals surface area contributed by atoms with E-state index in [-0.39, 0.29) is 6.54 Å². The van der Waals surface area contributed by atoms with Crippen LogP contribution in [0, 0.1) is 5.92 Å². The highest BCUT2D eigenvalue weighted by Crippen LogP contribution is 2.31. The van der Waals surface area contributed by atoms with Gasteiger partial charge in [-0.1, -0.05) is 6.92 Å². The number of rotatable bonds is 4. The first-order valence-corrected chi connectivity index (χ1v) is 7.90. The fourth-order valence-corrected chi connectivity index (χ4v) is 3.47. The van der Waals surface area contributed by atoms with Crippen molar-refractivity contribution in [1.82, 2.24) is 10.0 Å². The van der Waals surface area contributed by atoms with Gasteiger partial charge in [0.15, 0.2) is 0 Å². The Morgan fingerprint density at radius 1 is 1.59 bits per heavy atom. The summed E-state index contributed by atoms with van der Waals surface area (Å²) < 4.78 is 23.8. The second-order valence-electron chi connectivity index (χ2n) is 4.47. The average molecular weight is 275 g/mol. The van der Waals surface area contributed by atoms with Crippen LogP contribution < -0.4 is 15.2 Å². The van der Waals surface area contributed by atoms with E-state index in [0.29, 0.717) is 12.0 Å². The van der Waals surface area contributed by atoms with Crippen LogP contribution in [0.3, 0.4) is 0 Å². The van der Waals surface area contributed by atoms with Gasteiger partial charge in [0, 0.05) is 22.3 Å². The molecule has 0 radical (unpaired) electrons. The fraction of sp³-hybridized carbons (Fsp3) is 0.600. The number of nitrogens with two attached hydrogens (primary N) is 1. The van der Waals surface area contributed by atoms with Gasteiger partial charge in [0.1, 0.15) is 0 Å². The van der Waals surface area contributed by atoms with Gasteiger partial charge in [-0.3, -0.25) is 0 Å². The molecule has 1 fully saturated rings. The van der Waals surface area contributed by atoms with Crippen molar-refractivity contribution in [2.24, 2.45) is 11.1 Å². The SMILES string of the molecule is CC1CNC(c2ccc(CNS(N)(=O)=O)s2)C1. The minimum Gasteiger partial charge on any atom is -0.309 e. The summed E-state index contributed by atoms with van der Waals surface area (Å²) in [5.74, 6) is 0.702. The van der Waals surface area contributed by atoms with Gasteiger partial charge in [-0.25, -0.2) is 5.14 Å². The molecule has 1 aromatic heterocycles. The topological polar surface area (TPSA) is 84.2 Å². The monoisotopic (exact) mass is 275 g/mol. The second kappa shape index (κ2) is 5.03. The van der Waals surface area contributed by atoms with Crippen LogP contribution in [-0.4, -0.2) is 15.0 Å². The first kappa shape index (κ1) is 13.0. The molecule has 0 aromatic carbocycles. The maximum Gasteiger partial charge on any atom is 0.274 e. The van der Waals surface area contributed by atoms with Crippen molar-refractivity contribution in [1.29, 1.82) is 0 Å². The van der Waals surface area contributed by atoms with Gasteiger partial charge in [-0.15, -0.1) is 11.3 Å². The lowest BCUT2D eigenvalue weighted by Gasteiger charge is -2.06. The maximum atomic E-state index is 10.8. The Labute approximate surface area is 106 Å². The van der Waals surface area contributed by atoms with Gasteiger partial charge in [0.2, 0.25) is 0 Å². The molecule has 96 valence electrons. The molecule has 4 N–H and O–H groups in total. The molecule has 17 heavy (non-hydrogen) atoms. The molecule has 0 bridgehead atoms. The summed E-state index contributed by atoms with van der Waals surface area (Å²) in [6, 6.07) is 4.42. The van der Waals surface area contributed by atoms with E-state index in [1.54, 1.807) is 11.3 Å². The van der Waals surface area contributed by atoms with E-state index in [4.69, 9.17) is 5.14 Å². The number of thiophene rings is 1. The van der Waals surface area contributed by atoms with Crippen molar-refractivity contribution in [3.05, 3.63) is 21.9 Å². The van der Waals surface area contributed by atoms with Crippen LogP contribution in [0.4, 0.5) is 0 Å². The van der Waals surface area contributed by atoms with E-state index in [9.17, 15) is 8.42 Å². The van der Waals surface area contributed by atoms with Gasteiger partial charge < -0.3 is 5.32 Å². The summed E-state index contributed by atoms with van der Waals surface area (Å²) in [5.41, 5.74) is 0. The minimum atomic E-state index is -3.60.